The summed E-state index contributed by atoms with van der Waals surface area (Å²) in [6.45, 7) is 0. The van der Waals surface area contributed by atoms with Gasteiger partial charge in [0.05, 0.1) is 28.4 Å². The lowest BCUT2D eigenvalue weighted by molar-refractivity contribution is 1.11. The molecular formula is C27H21N3S2. The molecule has 3 nitrogen and oxygen atoms in total. The Bertz CT molecular complexity index is 1380. The second kappa shape index (κ2) is 7.76. The van der Waals surface area contributed by atoms with Gasteiger partial charge < -0.3 is 9.80 Å². The maximum atomic E-state index is 4.87. The van der Waals surface area contributed by atoms with Crippen LogP contribution in [-0.2, 0) is 0 Å². The highest BCUT2D eigenvalue weighted by molar-refractivity contribution is 8.00. The van der Waals surface area contributed by atoms with Crippen LogP contribution in [0.4, 0.5) is 28.4 Å². The molecule has 0 atom stereocenters. The van der Waals surface area contributed by atoms with Crippen LogP contribution in [0.5, 0.6) is 0 Å². The van der Waals surface area contributed by atoms with E-state index in [0.717, 1.165) is 11.3 Å². The molecule has 0 fully saturated rings. The smallest absolute Gasteiger partial charge is 0.0642 e. The normalized spacial score (nSPS) is 14.1. The van der Waals surface area contributed by atoms with Crippen molar-refractivity contribution in [3.8, 4) is 0 Å². The van der Waals surface area contributed by atoms with E-state index in [1.54, 1.807) is 0 Å². The predicted octanol–water partition coefficient (Wildman–Crippen LogP) is 7.90. The molecule has 4 aromatic carbocycles. The molecule has 5 heteroatoms. The maximum Gasteiger partial charge on any atom is 0.0642 e. The van der Waals surface area contributed by atoms with Gasteiger partial charge in [0.15, 0.2) is 0 Å². The maximum absolute atomic E-state index is 4.87. The van der Waals surface area contributed by atoms with Crippen molar-refractivity contribution in [1.82, 2.24) is 0 Å². The van der Waals surface area contributed by atoms with Crippen LogP contribution < -0.4 is 9.80 Å². The molecule has 0 bridgehead atoms. The topological polar surface area (TPSA) is 18.8 Å². The van der Waals surface area contributed by atoms with Crippen LogP contribution in [0, 0.1) is 0 Å². The molecule has 156 valence electrons. The van der Waals surface area contributed by atoms with Gasteiger partial charge in [0.1, 0.15) is 0 Å². The minimum Gasteiger partial charge on any atom is -0.343 e. The Morgan fingerprint density at radius 2 is 1.25 bits per heavy atom. The number of aliphatic imine (C=N–C) groups is 1. The van der Waals surface area contributed by atoms with E-state index in [-0.39, 0.29) is 0 Å². The average molecular weight is 452 g/mol. The Hall–Kier alpha value is -3.15. The highest BCUT2D eigenvalue weighted by Gasteiger charge is 2.22. The third-order valence-corrected chi connectivity index (χ3v) is 8.25. The lowest BCUT2D eigenvalue weighted by atomic mass is 10.1. The van der Waals surface area contributed by atoms with E-state index in [9.17, 15) is 0 Å². The molecule has 0 amide bonds. The quantitative estimate of drug-likeness (QED) is 0.288. The standard InChI is InChI=1S/C27H21N3S2/c1-29-20-9-3-5-12-24(20)31-26-16-19(14-15-22(26)29)28-17-18-8-7-11-23-27(18)32-25-13-6-4-10-21(25)30(23)2/h3-17H,1-2H3. The van der Waals surface area contributed by atoms with Gasteiger partial charge in [-0.3, -0.25) is 4.99 Å². The van der Waals surface area contributed by atoms with Gasteiger partial charge in [-0.05, 0) is 48.5 Å². The van der Waals surface area contributed by atoms with Gasteiger partial charge in [0, 0.05) is 45.5 Å². The van der Waals surface area contributed by atoms with E-state index in [1.807, 2.05) is 29.7 Å². The van der Waals surface area contributed by atoms with E-state index in [2.05, 4.69) is 109 Å². The molecule has 2 aliphatic heterocycles. The fourth-order valence-corrected chi connectivity index (χ4v) is 6.64. The zero-order chi connectivity index (χ0) is 21.7. The van der Waals surface area contributed by atoms with Crippen LogP contribution in [0.15, 0.2) is 110 Å². The number of anilines is 4. The average Bonchev–Trinajstić information content (AvgIpc) is 2.83. The number of benzene rings is 4. The Labute approximate surface area is 196 Å². The molecule has 0 saturated carbocycles. The summed E-state index contributed by atoms with van der Waals surface area (Å²) in [5.74, 6) is 0. The van der Waals surface area contributed by atoms with Gasteiger partial charge >= 0.3 is 0 Å². The molecule has 0 N–H and O–H groups in total. The molecule has 2 aliphatic rings. The van der Waals surface area contributed by atoms with Gasteiger partial charge in [0.25, 0.3) is 0 Å². The van der Waals surface area contributed by atoms with Crippen molar-refractivity contribution in [2.24, 2.45) is 4.99 Å². The van der Waals surface area contributed by atoms with Crippen LogP contribution in [0.2, 0.25) is 0 Å². The number of nitrogens with zero attached hydrogens (tertiary/aromatic N) is 3. The predicted molar refractivity (Wildman–Crippen MR) is 137 cm³/mol. The number of rotatable bonds is 2. The van der Waals surface area contributed by atoms with E-state index < -0.39 is 0 Å². The van der Waals surface area contributed by atoms with Crippen molar-refractivity contribution < 1.29 is 0 Å². The molecule has 0 spiro atoms. The van der Waals surface area contributed by atoms with Gasteiger partial charge in [-0.15, -0.1) is 0 Å². The Kier molecular flexibility index (Phi) is 4.74. The number of hydrogen-bond acceptors (Lipinski definition) is 5. The summed E-state index contributed by atoms with van der Waals surface area (Å²) in [7, 11) is 4.26. The zero-order valence-corrected chi connectivity index (χ0v) is 19.5. The largest absolute Gasteiger partial charge is 0.343 e. The van der Waals surface area contributed by atoms with Crippen molar-refractivity contribution in [2.75, 3.05) is 23.9 Å². The summed E-state index contributed by atoms with van der Waals surface area (Å²) in [5, 5.41) is 0. The highest BCUT2D eigenvalue weighted by Crippen LogP contribution is 2.49. The zero-order valence-electron chi connectivity index (χ0n) is 17.8. The fourth-order valence-electron chi connectivity index (χ4n) is 4.23. The van der Waals surface area contributed by atoms with E-state index in [1.165, 1.54) is 42.3 Å². The first kappa shape index (κ1) is 19.5. The lowest BCUT2D eigenvalue weighted by Crippen LogP contribution is -2.15. The molecular weight excluding hydrogens is 430 g/mol. The van der Waals surface area contributed by atoms with Crippen LogP contribution >= 0.6 is 23.5 Å². The van der Waals surface area contributed by atoms with Crippen molar-refractivity contribution in [2.45, 2.75) is 19.6 Å². The molecule has 4 aromatic rings. The second-order valence-electron chi connectivity index (χ2n) is 7.86. The summed E-state index contributed by atoms with van der Waals surface area (Å²) in [5.41, 5.74) is 7.04. The van der Waals surface area contributed by atoms with Crippen LogP contribution in [-0.4, -0.2) is 20.3 Å². The minimum atomic E-state index is 0.969. The molecule has 32 heavy (non-hydrogen) atoms. The Balaban J connectivity index is 1.33. The van der Waals surface area contributed by atoms with E-state index in [4.69, 9.17) is 4.99 Å². The van der Waals surface area contributed by atoms with Crippen molar-refractivity contribution in [1.29, 1.82) is 0 Å². The summed E-state index contributed by atoms with van der Waals surface area (Å²) in [6, 6.07) is 30.0. The van der Waals surface area contributed by atoms with Gasteiger partial charge in [-0.25, -0.2) is 0 Å². The lowest BCUT2D eigenvalue weighted by Gasteiger charge is -2.30. The highest BCUT2D eigenvalue weighted by atomic mass is 32.2. The van der Waals surface area contributed by atoms with Gasteiger partial charge in [0.2, 0.25) is 0 Å². The third-order valence-electron chi connectivity index (χ3n) is 5.93. The molecule has 0 aromatic heterocycles. The first-order valence-corrected chi connectivity index (χ1v) is 12.1. The first-order chi connectivity index (χ1) is 15.7. The van der Waals surface area contributed by atoms with Crippen LogP contribution in [0.3, 0.4) is 0 Å². The van der Waals surface area contributed by atoms with Crippen LogP contribution in [0.1, 0.15) is 5.56 Å². The molecule has 6 rings (SSSR count). The number of fused-ring (bicyclic) bond motifs is 4. The fraction of sp³-hybridized carbons (Fsp3) is 0.0741. The van der Waals surface area contributed by atoms with Gasteiger partial charge in [-0.1, -0.05) is 59.9 Å². The molecule has 0 saturated heterocycles. The Morgan fingerprint density at radius 1 is 0.625 bits per heavy atom. The SMILES string of the molecule is CN1c2ccccc2Sc2cc(N=Cc3cccc4c3Sc3ccccc3N4C)ccc21. The Morgan fingerprint density at radius 3 is 2.03 bits per heavy atom. The molecule has 0 unspecified atom stereocenters. The van der Waals surface area contributed by atoms with E-state index in [0.29, 0.717) is 0 Å². The first-order valence-electron chi connectivity index (χ1n) is 10.5. The molecule has 2 heterocycles. The summed E-state index contributed by atoms with van der Waals surface area (Å²) >= 11 is 3.63. The summed E-state index contributed by atoms with van der Waals surface area (Å²) < 4.78 is 0. The molecule has 0 aliphatic carbocycles. The summed E-state index contributed by atoms with van der Waals surface area (Å²) in [6.07, 6.45) is 2.00. The summed E-state index contributed by atoms with van der Waals surface area (Å²) in [4.78, 5) is 14.4. The van der Waals surface area contributed by atoms with E-state index >= 15 is 0 Å². The number of hydrogen-bond donors (Lipinski definition) is 0. The van der Waals surface area contributed by atoms with Crippen molar-refractivity contribution in [3.05, 3.63) is 90.5 Å². The number of para-hydroxylation sites is 2. The van der Waals surface area contributed by atoms with Crippen molar-refractivity contribution in [3.63, 3.8) is 0 Å². The van der Waals surface area contributed by atoms with Crippen LogP contribution in [0.25, 0.3) is 0 Å². The second-order valence-corrected chi connectivity index (χ2v) is 10.00. The van der Waals surface area contributed by atoms with Gasteiger partial charge in [-0.2, -0.15) is 0 Å². The monoisotopic (exact) mass is 451 g/mol. The van der Waals surface area contributed by atoms with Crippen molar-refractivity contribution >= 4 is 58.2 Å². The minimum absolute atomic E-state index is 0.969. The molecule has 0 radical (unpaired) electrons. The third kappa shape index (κ3) is 3.20.